The summed E-state index contributed by atoms with van der Waals surface area (Å²) in [5, 5.41) is 0. The monoisotopic (exact) mass is 355 g/mol. The fourth-order valence-electron chi connectivity index (χ4n) is 4.13. The van der Waals surface area contributed by atoms with Gasteiger partial charge in [0.2, 0.25) is 0 Å². The number of hydrogen-bond acceptors (Lipinski definition) is 5. The van der Waals surface area contributed by atoms with Crippen molar-refractivity contribution in [3.63, 3.8) is 0 Å². The quantitative estimate of drug-likeness (QED) is 0.825. The Morgan fingerprint density at radius 3 is 2.96 bits per heavy atom. The van der Waals surface area contributed by atoms with E-state index >= 15 is 0 Å². The van der Waals surface area contributed by atoms with Crippen molar-refractivity contribution in [2.24, 2.45) is 5.92 Å². The summed E-state index contributed by atoms with van der Waals surface area (Å²) in [7, 11) is 1.62. The Kier molecular flexibility index (Phi) is 5.04. The number of amides is 1. The molecule has 3 saturated heterocycles. The summed E-state index contributed by atoms with van der Waals surface area (Å²) in [6.45, 7) is 3.95. The molecule has 2 atom stereocenters. The number of rotatable bonds is 5. The Bertz CT molecular complexity index is 746. The van der Waals surface area contributed by atoms with E-state index in [9.17, 15) is 4.79 Å². The molecule has 3 aliphatic rings. The molecular weight excluding hydrogens is 330 g/mol. The minimum absolute atomic E-state index is 0.00161. The smallest absolute Gasteiger partial charge is 0.289 e. The van der Waals surface area contributed by atoms with Crippen LogP contribution in [0.15, 0.2) is 40.9 Å². The molecule has 6 nitrogen and oxygen atoms in total. The molecule has 138 valence electrons. The lowest BCUT2D eigenvalue weighted by Gasteiger charge is -2.35. The fraction of sp³-hybridized carbons (Fsp3) is 0.500. The lowest BCUT2D eigenvalue weighted by molar-refractivity contribution is 0.0546. The average Bonchev–Trinajstić information content (AvgIpc) is 2.95. The van der Waals surface area contributed by atoms with Gasteiger partial charge >= 0.3 is 0 Å². The zero-order valence-corrected chi connectivity index (χ0v) is 15.1. The largest absolute Gasteiger partial charge is 0.453 e. The van der Waals surface area contributed by atoms with Gasteiger partial charge in [-0.3, -0.25) is 14.7 Å². The molecule has 3 aliphatic heterocycles. The molecule has 0 aromatic carbocycles. The molecule has 26 heavy (non-hydrogen) atoms. The molecule has 0 aliphatic carbocycles. The Labute approximate surface area is 153 Å². The van der Waals surface area contributed by atoms with Crippen LogP contribution in [0.1, 0.15) is 34.9 Å². The molecule has 2 bridgehead atoms. The maximum absolute atomic E-state index is 13.0. The lowest BCUT2D eigenvalue weighted by atomic mass is 9.95. The molecule has 5 heterocycles. The Morgan fingerprint density at radius 1 is 1.23 bits per heavy atom. The third kappa shape index (κ3) is 3.66. The zero-order chi connectivity index (χ0) is 17.9. The minimum Gasteiger partial charge on any atom is -0.453 e. The molecule has 2 aromatic rings. The van der Waals surface area contributed by atoms with E-state index in [-0.39, 0.29) is 11.9 Å². The number of ether oxygens (including phenoxy) is 1. The van der Waals surface area contributed by atoms with E-state index < -0.39 is 0 Å². The van der Waals surface area contributed by atoms with Crippen LogP contribution in [-0.4, -0.2) is 53.5 Å². The predicted molar refractivity (Wildman–Crippen MR) is 96.5 cm³/mol. The van der Waals surface area contributed by atoms with Gasteiger partial charge in [-0.05, 0) is 43.0 Å². The van der Waals surface area contributed by atoms with Gasteiger partial charge in [-0.1, -0.05) is 6.07 Å². The van der Waals surface area contributed by atoms with Gasteiger partial charge in [0.25, 0.3) is 5.91 Å². The SMILES string of the molecule is COCc1ccc(C(=O)N2C[C@H]3CC[C@@H]2CN(Cc2ccccn2)C3)o1. The summed E-state index contributed by atoms with van der Waals surface area (Å²) in [4.78, 5) is 21.9. The van der Waals surface area contributed by atoms with E-state index in [0.717, 1.165) is 38.3 Å². The zero-order valence-electron chi connectivity index (χ0n) is 15.1. The van der Waals surface area contributed by atoms with Crippen molar-refractivity contribution in [1.29, 1.82) is 0 Å². The normalized spacial score (nSPS) is 23.2. The highest BCUT2D eigenvalue weighted by Crippen LogP contribution is 2.30. The molecule has 0 spiro atoms. The molecule has 0 radical (unpaired) electrons. The van der Waals surface area contributed by atoms with E-state index in [1.165, 1.54) is 6.42 Å². The number of fused-ring (bicyclic) bond motifs is 4. The van der Waals surface area contributed by atoms with Crippen molar-refractivity contribution in [2.75, 3.05) is 26.7 Å². The van der Waals surface area contributed by atoms with Crippen molar-refractivity contribution in [3.8, 4) is 0 Å². The van der Waals surface area contributed by atoms with Crippen molar-refractivity contribution < 1.29 is 13.9 Å². The van der Waals surface area contributed by atoms with E-state index in [1.54, 1.807) is 13.2 Å². The second-order valence-electron chi connectivity index (χ2n) is 7.27. The van der Waals surface area contributed by atoms with E-state index in [1.807, 2.05) is 29.3 Å². The van der Waals surface area contributed by atoms with E-state index in [2.05, 4.69) is 16.0 Å². The topological polar surface area (TPSA) is 58.8 Å². The fourth-order valence-corrected chi connectivity index (χ4v) is 4.13. The van der Waals surface area contributed by atoms with Gasteiger partial charge in [-0.25, -0.2) is 0 Å². The third-order valence-corrected chi connectivity index (χ3v) is 5.32. The Hall–Kier alpha value is -2.18. The van der Waals surface area contributed by atoms with Crippen molar-refractivity contribution >= 4 is 5.91 Å². The van der Waals surface area contributed by atoms with Crippen LogP contribution in [-0.2, 0) is 17.9 Å². The molecule has 3 fully saturated rings. The average molecular weight is 355 g/mol. The van der Waals surface area contributed by atoms with E-state index in [4.69, 9.17) is 9.15 Å². The first kappa shape index (κ1) is 17.2. The maximum atomic E-state index is 13.0. The summed E-state index contributed by atoms with van der Waals surface area (Å²) in [5.41, 5.74) is 1.09. The summed E-state index contributed by atoms with van der Waals surface area (Å²) in [5.74, 6) is 1.62. The van der Waals surface area contributed by atoms with Crippen molar-refractivity contribution in [3.05, 3.63) is 53.7 Å². The number of methoxy groups -OCH3 is 1. The Balaban J connectivity index is 1.46. The van der Waals surface area contributed by atoms with E-state index in [0.29, 0.717) is 24.0 Å². The highest BCUT2D eigenvalue weighted by atomic mass is 16.5. The van der Waals surface area contributed by atoms with Crippen LogP contribution < -0.4 is 0 Å². The molecular formula is C20H25N3O3. The van der Waals surface area contributed by atoms with Crippen LogP contribution >= 0.6 is 0 Å². The van der Waals surface area contributed by atoms with Gasteiger partial charge in [0.1, 0.15) is 12.4 Å². The number of hydrogen-bond donors (Lipinski definition) is 0. The maximum Gasteiger partial charge on any atom is 0.289 e. The molecule has 0 N–H and O–H groups in total. The summed E-state index contributed by atoms with van der Waals surface area (Å²) in [6.07, 6.45) is 4.08. The van der Waals surface area contributed by atoms with Crippen LogP contribution in [0.4, 0.5) is 0 Å². The van der Waals surface area contributed by atoms with Crippen LogP contribution in [0.3, 0.4) is 0 Å². The highest BCUT2D eigenvalue weighted by molar-refractivity contribution is 5.92. The highest BCUT2D eigenvalue weighted by Gasteiger charge is 2.38. The number of piperidine rings is 1. The minimum atomic E-state index is 0.00161. The number of furan rings is 1. The van der Waals surface area contributed by atoms with Crippen LogP contribution in [0.2, 0.25) is 0 Å². The molecule has 2 aromatic heterocycles. The van der Waals surface area contributed by atoms with Gasteiger partial charge in [-0.2, -0.15) is 0 Å². The second-order valence-corrected chi connectivity index (χ2v) is 7.27. The predicted octanol–water partition coefficient (Wildman–Crippen LogP) is 2.56. The van der Waals surface area contributed by atoms with Gasteiger partial charge < -0.3 is 14.1 Å². The number of carbonyl (C=O) groups is 1. The van der Waals surface area contributed by atoms with Crippen LogP contribution in [0, 0.1) is 5.92 Å². The number of pyridine rings is 1. The summed E-state index contributed by atoms with van der Waals surface area (Å²) in [6, 6.07) is 9.86. The van der Waals surface area contributed by atoms with Crippen LogP contribution in [0.5, 0.6) is 0 Å². The van der Waals surface area contributed by atoms with Gasteiger partial charge in [-0.15, -0.1) is 0 Å². The first-order valence-electron chi connectivity index (χ1n) is 9.24. The van der Waals surface area contributed by atoms with Crippen LogP contribution in [0.25, 0.3) is 0 Å². The number of carbonyl (C=O) groups excluding carboxylic acids is 1. The molecule has 6 heteroatoms. The molecule has 0 saturated carbocycles. The molecule has 5 rings (SSSR count). The van der Waals surface area contributed by atoms with Crippen molar-refractivity contribution in [2.45, 2.75) is 32.0 Å². The number of aromatic nitrogens is 1. The van der Waals surface area contributed by atoms with Gasteiger partial charge in [0, 0.05) is 45.5 Å². The van der Waals surface area contributed by atoms with Gasteiger partial charge in [0.05, 0.1) is 5.69 Å². The number of nitrogens with zero attached hydrogens (tertiary/aromatic N) is 3. The summed E-state index contributed by atoms with van der Waals surface area (Å²) < 4.78 is 10.7. The standard InChI is InChI=1S/C20H25N3O3/c1-25-14-18-7-8-19(26-18)20(24)23-11-15-5-6-17(23)13-22(10-15)12-16-4-2-3-9-21-16/h2-4,7-9,15,17H,5-6,10-14H2,1H3/t15-,17+/m0/s1. The first-order chi connectivity index (χ1) is 12.7. The third-order valence-electron chi connectivity index (χ3n) is 5.32. The van der Waals surface area contributed by atoms with Crippen molar-refractivity contribution in [1.82, 2.24) is 14.8 Å². The lowest BCUT2D eigenvalue weighted by Crippen LogP contribution is -2.47. The molecule has 0 unspecified atom stereocenters. The van der Waals surface area contributed by atoms with Gasteiger partial charge in [0.15, 0.2) is 5.76 Å². The molecule has 1 amide bonds. The summed E-state index contributed by atoms with van der Waals surface area (Å²) >= 11 is 0. The first-order valence-corrected chi connectivity index (χ1v) is 9.24. The second kappa shape index (κ2) is 7.60. The Morgan fingerprint density at radius 2 is 2.15 bits per heavy atom.